The fraction of sp³-hybridized carbons (Fsp3) is 0.0500. The van der Waals surface area contributed by atoms with Crippen LogP contribution in [-0.4, -0.2) is 22.4 Å². The summed E-state index contributed by atoms with van der Waals surface area (Å²) in [5, 5.41) is 26.5. The quantitative estimate of drug-likeness (QED) is 0.127. The van der Waals surface area contributed by atoms with Crippen LogP contribution < -0.4 is 20.1 Å². The molecule has 0 aliphatic heterocycles. The van der Waals surface area contributed by atoms with Crippen LogP contribution in [0.3, 0.4) is 0 Å². The molecule has 0 aliphatic carbocycles. The van der Waals surface area contributed by atoms with E-state index in [1.165, 1.54) is 11.8 Å². The molecule has 6 aromatic rings. The molecular weight excluding hydrogens is 637 g/mol. The Morgan fingerprint density at radius 3 is 1.33 bits per heavy atom. The van der Waals surface area contributed by atoms with E-state index in [0.29, 0.717) is 22.9 Å². The van der Waals surface area contributed by atoms with Crippen LogP contribution in [0.5, 0.6) is 23.0 Å². The molecule has 244 valence electrons. The molecule has 0 spiro atoms. The number of hydrogen-bond donors (Lipinski definition) is 4. The highest BCUT2D eigenvalue weighted by Crippen LogP contribution is 2.46. The summed E-state index contributed by atoms with van der Waals surface area (Å²) in [7, 11) is 0. The predicted octanol–water partition coefficient (Wildman–Crippen LogP) is 10.4. The molecule has 0 saturated carbocycles. The maximum atomic E-state index is 12.9. The molecule has 6 rings (SSSR count). The summed E-state index contributed by atoms with van der Waals surface area (Å²) < 4.78 is 10.9. The topological polar surface area (TPSA) is 117 Å². The van der Waals surface area contributed by atoms with Crippen molar-refractivity contribution < 1.29 is 29.3 Å². The van der Waals surface area contributed by atoms with Gasteiger partial charge >= 0.3 is 12.2 Å². The van der Waals surface area contributed by atoms with E-state index in [-0.39, 0.29) is 11.5 Å². The first kappa shape index (κ1) is 32.7. The Balaban J connectivity index is 1.39. The molecule has 49 heavy (non-hydrogen) atoms. The lowest BCUT2D eigenvalue weighted by molar-refractivity contribution is 0.214. The van der Waals surface area contributed by atoms with E-state index in [4.69, 9.17) is 9.47 Å². The first-order valence-corrected chi connectivity index (χ1v) is 16.2. The lowest BCUT2D eigenvalue weighted by atomic mass is 9.98. The lowest BCUT2D eigenvalue weighted by Gasteiger charge is -2.20. The number of ether oxygens (including phenoxy) is 2. The van der Waals surface area contributed by atoms with Crippen molar-refractivity contribution in [3.63, 3.8) is 0 Å². The summed E-state index contributed by atoms with van der Waals surface area (Å²) in [4.78, 5) is 27.4. The third-order valence-corrected chi connectivity index (χ3v) is 8.84. The molecule has 0 aliphatic rings. The number of benzene rings is 6. The van der Waals surface area contributed by atoms with Crippen LogP contribution in [0.25, 0.3) is 22.3 Å². The minimum absolute atomic E-state index is 0.101. The minimum Gasteiger partial charge on any atom is -0.508 e. The van der Waals surface area contributed by atoms with Gasteiger partial charge in [0.05, 0.1) is 0 Å². The van der Waals surface area contributed by atoms with Crippen LogP contribution in [-0.2, 0) is 0 Å². The van der Waals surface area contributed by atoms with E-state index < -0.39 is 12.2 Å². The van der Waals surface area contributed by atoms with Gasteiger partial charge in [-0.15, -0.1) is 0 Å². The summed E-state index contributed by atoms with van der Waals surface area (Å²) in [5.74, 6) is 1.03. The number of carbonyl (C=O) groups is 2. The molecule has 0 radical (unpaired) electrons. The van der Waals surface area contributed by atoms with Gasteiger partial charge in [-0.3, -0.25) is 10.6 Å². The number of aromatic hydroxyl groups is 2. The standard InChI is InChI=1S/C40H32N2O6S/c1-25-33(41-39(45)47-31-15-5-3-6-16-31)19-21-35(37(25)27-11-9-13-29(43)23-27)49-36-22-20-34(42-40(46)48-32-17-7-4-8-18-32)26(2)38(36)28-12-10-14-30(44)24-28/h3-24,43-44H,1-2H3,(H,41,45)(H,42,46). The predicted molar refractivity (Wildman–Crippen MR) is 193 cm³/mol. The summed E-state index contributed by atoms with van der Waals surface area (Å²) >= 11 is 1.48. The fourth-order valence-electron chi connectivity index (χ4n) is 5.44. The summed E-state index contributed by atoms with van der Waals surface area (Å²) in [6.07, 6.45) is -1.26. The first-order chi connectivity index (χ1) is 23.7. The van der Waals surface area contributed by atoms with E-state index in [1.54, 1.807) is 84.9 Å². The van der Waals surface area contributed by atoms with Gasteiger partial charge in [-0.1, -0.05) is 72.4 Å². The summed E-state index contributed by atoms with van der Waals surface area (Å²) in [6, 6.07) is 38.9. The molecule has 4 N–H and O–H groups in total. The zero-order valence-corrected chi connectivity index (χ0v) is 27.5. The zero-order chi connectivity index (χ0) is 34.3. The number of nitrogens with one attached hydrogen (secondary N) is 2. The third-order valence-electron chi connectivity index (χ3n) is 7.72. The smallest absolute Gasteiger partial charge is 0.417 e. The van der Waals surface area contributed by atoms with Crippen LogP contribution in [0.1, 0.15) is 11.1 Å². The Hall–Kier alpha value is -6.19. The molecule has 0 bridgehead atoms. The molecule has 0 heterocycles. The van der Waals surface area contributed by atoms with Gasteiger partial charge in [-0.05, 0) is 109 Å². The van der Waals surface area contributed by atoms with Gasteiger partial charge in [-0.2, -0.15) is 0 Å². The number of rotatable bonds is 8. The van der Waals surface area contributed by atoms with E-state index in [2.05, 4.69) is 10.6 Å². The Labute approximate surface area is 288 Å². The number of anilines is 2. The first-order valence-electron chi connectivity index (χ1n) is 15.4. The van der Waals surface area contributed by atoms with E-state index in [9.17, 15) is 19.8 Å². The van der Waals surface area contributed by atoms with E-state index in [1.807, 2.05) is 62.4 Å². The lowest BCUT2D eigenvalue weighted by Crippen LogP contribution is -2.17. The highest BCUT2D eigenvalue weighted by Gasteiger charge is 2.20. The average Bonchev–Trinajstić information content (AvgIpc) is 3.08. The number of phenols is 2. The monoisotopic (exact) mass is 668 g/mol. The van der Waals surface area contributed by atoms with Crippen molar-refractivity contribution in [2.24, 2.45) is 0 Å². The second-order valence-electron chi connectivity index (χ2n) is 11.1. The normalized spacial score (nSPS) is 10.7. The highest BCUT2D eigenvalue weighted by molar-refractivity contribution is 7.99. The number of phenolic OH excluding ortho intramolecular Hbond substituents is 2. The van der Waals surface area contributed by atoms with Gasteiger partial charge in [0, 0.05) is 32.3 Å². The summed E-state index contributed by atoms with van der Waals surface area (Å²) in [6.45, 7) is 3.79. The van der Waals surface area contributed by atoms with Crippen LogP contribution in [0, 0.1) is 13.8 Å². The number of carbonyl (C=O) groups excluding carboxylic acids is 2. The molecule has 0 unspecified atom stereocenters. The molecule has 8 nitrogen and oxygen atoms in total. The van der Waals surface area contributed by atoms with Gasteiger partial charge in [0.25, 0.3) is 0 Å². The number of para-hydroxylation sites is 2. The Kier molecular flexibility index (Phi) is 9.83. The number of hydrogen-bond acceptors (Lipinski definition) is 7. The minimum atomic E-state index is -0.632. The second kappa shape index (κ2) is 14.7. The van der Waals surface area contributed by atoms with Gasteiger partial charge in [0.15, 0.2) is 0 Å². The molecule has 6 aromatic carbocycles. The van der Waals surface area contributed by atoms with Gasteiger partial charge < -0.3 is 19.7 Å². The van der Waals surface area contributed by atoms with Crippen molar-refractivity contribution in [3.05, 3.63) is 145 Å². The van der Waals surface area contributed by atoms with Gasteiger partial charge in [0.2, 0.25) is 0 Å². The van der Waals surface area contributed by atoms with E-state index in [0.717, 1.165) is 43.2 Å². The average molecular weight is 669 g/mol. The Bertz CT molecular complexity index is 1980. The largest absolute Gasteiger partial charge is 0.508 e. The molecule has 2 amide bonds. The number of amides is 2. The van der Waals surface area contributed by atoms with Gasteiger partial charge in [0.1, 0.15) is 23.0 Å². The van der Waals surface area contributed by atoms with Crippen LogP contribution >= 0.6 is 11.8 Å². The van der Waals surface area contributed by atoms with Crippen molar-refractivity contribution in [3.8, 4) is 45.3 Å². The SMILES string of the molecule is Cc1c(NC(=O)Oc2ccccc2)ccc(Sc2ccc(NC(=O)Oc3ccccc3)c(C)c2-c2cccc(O)c2)c1-c1cccc(O)c1. The van der Waals surface area contributed by atoms with E-state index >= 15 is 0 Å². The van der Waals surface area contributed by atoms with Crippen LogP contribution in [0.15, 0.2) is 143 Å². The zero-order valence-electron chi connectivity index (χ0n) is 26.6. The highest BCUT2D eigenvalue weighted by atomic mass is 32.2. The Morgan fingerprint density at radius 1 is 0.531 bits per heavy atom. The van der Waals surface area contributed by atoms with Crippen molar-refractivity contribution in [1.29, 1.82) is 0 Å². The maximum absolute atomic E-state index is 12.9. The van der Waals surface area contributed by atoms with Crippen molar-refractivity contribution >= 4 is 35.3 Å². The van der Waals surface area contributed by atoms with Crippen molar-refractivity contribution in [1.82, 2.24) is 0 Å². The van der Waals surface area contributed by atoms with Crippen molar-refractivity contribution in [2.75, 3.05) is 10.6 Å². The van der Waals surface area contributed by atoms with Crippen LogP contribution in [0.2, 0.25) is 0 Å². The summed E-state index contributed by atoms with van der Waals surface area (Å²) in [5.41, 5.74) is 5.71. The third kappa shape index (κ3) is 7.86. The molecule has 0 aromatic heterocycles. The van der Waals surface area contributed by atoms with Crippen molar-refractivity contribution in [2.45, 2.75) is 23.6 Å². The van der Waals surface area contributed by atoms with Crippen LogP contribution in [0.4, 0.5) is 21.0 Å². The molecule has 9 heteroatoms. The van der Waals surface area contributed by atoms with Gasteiger partial charge in [-0.25, -0.2) is 9.59 Å². The molecule has 0 atom stereocenters. The molecule has 0 fully saturated rings. The fourth-order valence-corrected chi connectivity index (χ4v) is 6.69. The molecular formula is C40H32N2O6S. The second-order valence-corrected chi connectivity index (χ2v) is 12.2. The Morgan fingerprint density at radius 2 is 0.939 bits per heavy atom. The molecule has 0 saturated heterocycles. The maximum Gasteiger partial charge on any atom is 0.417 e.